The van der Waals surface area contributed by atoms with E-state index in [2.05, 4.69) is 22.6 Å². The molecule has 0 aliphatic heterocycles. The molecular formula is C8H10INO. The van der Waals surface area contributed by atoms with Crippen LogP contribution in [0.25, 0.3) is 0 Å². The molecule has 0 atom stereocenters. The number of rotatable bonds is 1. The Kier molecular flexibility index (Phi) is 2.59. The summed E-state index contributed by atoms with van der Waals surface area (Å²) in [5.74, 6) is 0.916. The van der Waals surface area contributed by atoms with E-state index in [0.717, 1.165) is 20.6 Å². The van der Waals surface area contributed by atoms with Gasteiger partial charge in [-0.05, 0) is 47.2 Å². The predicted molar refractivity (Wildman–Crippen MR) is 54.9 cm³/mol. The summed E-state index contributed by atoms with van der Waals surface area (Å²) in [7, 11) is 1.67. The third-order valence-electron chi connectivity index (χ3n) is 1.46. The van der Waals surface area contributed by atoms with E-state index in [-0.39, 0.29) is 0 Å². The second-order valence-corrected chi connectivity index (χ2v) is 3.52. The van der Waals surface area contributed by atoms with Crippen LogP contribution in [-0.2, 0) is 0 Å². The monoisotopic (exact) mass is 263 g/mol. The smallest absolute Gasteiger partial charge is 0.135 e. The number of ether oxygens (including phenoxy) is 1. The molecule has 1 rings (SSSR count). The lowest BCUT2D eigenvalue weighted by Crippen LogP contribution is -1.93. The van der Waals surface area contributed by atoms with E-state index in [1.54, 1.807) is 7.11 Å². The maximum absolute atomic E-state index is 5.62. The lowest BCUT2D eigenvalue weighted by Gasteiger charge is -2.07. The minimum absolute atomic E-state index is 0.785. The summed E-state index contributed by atoms with van der Waals surface area (Å²) < 4.78 is 6.23. The predicted octanol–water partition coefficient (Wildman–Crippen LogP) is 2.19. The van der Waals surface area contributed by atoms with Gasteiger partial charge in [0.25, 0.3) is 0 Å². The molecule has 0 amide bonds. The quantitative estimate of drug-likeness (QED) is 0.622. The molecule has 0 unspecified atom stereocenters. The minimum atomic E-state index is 0.785. The van der Waals surface area contributed by atoms with Crippen molar-refractivity contribution in [3.63, 3.8) is 0 Å². The summed E-state index contributed by atoms with van der Waals surface area (Å²) in [4.78, 5) is 0. The highest BCUT2D eigenvalue weighted by Crippen LogP contribution is 2.27. The Hall–Kier alpha value is -0.450. The van der Waals surface area contributed by atoms with Crippen LogP contribution in [0.3, 0.4) is 0 Å². The number of methoxy groups -OCH3 is 1. The molecule has 0 saturated carbocycles. The van der Waals surface area contributed by atoms with Gasteiger partial charge >= 0.3 is 0 Å². The van der Waals surface area contributed by atoms with Crippen LogP contribution in [0.5, 0.6) is 5.75 Å². The maximum Gasteiger partial charge on any atom is 0.135 e. The summed E-state index contributed by atoms with van der Waals surface area (Å²) >= 11 is 2.21. The first-order valence-electron chi connectivity index (χ1n) is 3.24. The molecule has 0 fully saturated rings. The second-order valence-electron chi connectivity index (χ2n) is 2.35. The van der Waals surface area contributed by atoms with Crippen LogP contribution in [0.2, 0.25) is 0 Å². The molecule has 0 spiro atoms. The summed E-state index contributed by atoms with van der Waals surface area (Å²) in [6.07, 6.45) is 0. The standard InChI is InChI=1S/C8H10INO/c1-5-3-6(10)4-7(9)8(5)11-2/h3-4H,10H2,1-2H3. The fourth-order valence-electron chi connectivity index (χ4n) is 1.02. The van der Waals surface area contributed by atoms with Crippen molar-refractivity contribution >= 4 is 28.3 Å². The molecule has 0 saturated heterocycles. The zero-order valence-electron chi connectivity index (χ0n) is 6.52. The van der Waals surface area contributed by atoms with Gasteiger partial charge in [0, 0.05) is 5.69 Å². The number of hydrogen-bond donors (Lipinski definition) is 1. The third kappa shape index (κ3) is 1.77. The molecule has 11 heavy (non-hydrogen) atoms. The lowest BCUT2D eigenvalue weighted by molar-refractivity contribution is 0.409. The topological polar surface area (TPSA) is 35.2 Å². The van der Waals surface area contributed by atoms with Gasteiger partial charge in [-0.2, -0.15) is 0 Å². The normalized spacial score (nSPS) is 9.73. The molecule has 1 aromatic carbocycles. The third-order valence-corrected chi connectivity index (χ3v) is 2.26. The van der Waals surface area contributed by atoms with E-state index in [1.807, 2.05) is 19.1 Å². The van der Waals surface area contributed by atoms with Crippen molar-refractivity contribution < 1.29 is 4.74 Å². The highest BCUT2D eigenvalue weighted by Gasteiger charge is 2.03. The Morgan fingerprint density at radius 1 is 1.45 bits per heavy atom. The number of halogens is 1. The van der Waals surface area contributed by atoms with Crippen LogP contribution < -0.4 is 10.5 Å². The van der Waals surface area contributed by atoms with E-state index in [9.17, 15) is 0 Å². The fourth-order valence-corrected chi connectivity index (χ4v) is 2.02. The molecule has 0 bridgehead atoms. The Morgan fingerprint density at radius 2 is 2.09 bits per heavy atom. The average molecular weight is 263 g/mol. The van der Waals surface area contributed by atoms with Gasteiger partial charge in [0.15, 0.2) is 0 Å². The van der Waals surface area contributed by atoms with Gasteiger partial charge in [0.2, 0.25) is 0 Å². The number of nitrogens with two attached hydrogens (primary N) is 1. The van der Waals surface area contributed by atoms with Crippen molar-refractivity contribution in [1.82, 2.24) is 0 Å². The minimum Gasteiger partial charge on any atom is -0.495 e. The van der Waals surface area contributed by atoms with E-state index in [0.29, 0.717) is 0 Å². The second kappa shape index (κ2) is 3.30. The van der Waals surface area contributed by atoms with Crippen LogP contribution in [-0.4, -0.2) is 7.11 Å². The van der Waals surface area contributed by atoms with Crippen molar-refractivity contribution in [3.05, 3.63) is 21.3 Å². The van der Waals surface area contributed by atoms with Crippen molar-refractivity contribution in [1.29, 1.82) is 0 Å². The molecular weight excluding hydrogens is 253 g/mol. The van der Waals surface area contributed by atoms with Crippen molar-refractivity contribution in [3.8, 4) is 5.75 Å². The van der Waals surface area contributed by atoms with Crippen LogP contribution >= 0.6 is 22.6 Å². The molecule has 0 aliphatic carbocycles. The molecule has 1 aromatic rings. The van der Waals surface area contributed by atoms with E-state index < -0.39 is 0 Å². The Labute approximate surface area is 79.9 Å². The van der Waals surface area contributed by atoms with Gasteiger partial charge in [-0.1, -0.05) is 0 Å². The van der Waals surface area contributed by atoms with Crippen molar-refractivity contribution in [2.24, 2.45) is 0 Å². The molecule has 0 aliphatic rings. The van der Waals surface area contributed by atoms with Gasteiger partial charge in [0.05, 0.1) is 10.7 Å². The number of anilines is 1. The molecule has 2 N–H and O–H groups in total. The number of hydrogen-bond acceptors (Lipinski definition) is 2. The highest BCUT2D eigenvalue weighted by atomic mass is 127. The average Bonchev–Trinajstić information content (AvgIpc) is 1.85. The SMILES string of the molecule is COc1c(C)cc(N)cc1I. The highest BCUT2D eigenvalue weighted by molar-refractivity contribution is 14.1. The van der Waals surface area contributed by atoms with E-state index >= 15 is 0 Å². The van der Waals surface area contributed by atoms with Crippen molar-refractivity contribution in [2.75, 3.05) is 12.8 Å². The summed E-state index contributed by atoms with van der Waals surface area (Å²) in [6.45, 7) is 1.98. The van der Waals surface area contributed by atoms with Gasteiger partial charge in [-0.3, -0.25) is 0 Å². The largest absolute Gasteiger partial charge is 0.495 e. The molecule has 3 heteroatoms. The fraction of sp³-hybridized carbons (Fsp3) is 0.250. The summed E-state index contributed by atoms with van der Waals surface area (Å²) in [5.41, 5.74) is 7.49. The van der Waals surface area contributed by atoms with E-state index in [1.165, 1.54) is 0 Å². The first-order valence-corrected chi connectivity index (χ1v) is 4.32. The molecule has 0 radical (unpaired) electrons. The lowest BCUT2D eigenvalue weighted by atomic mass is 10.2. The Bertz CT molecular complexity index is 250. The Balaban J connectivity index is 3.25. The number of aryl methyl sites for hydroxylation is 1. The zero-order chi connectivity index (χ0) is 8.43. The first-order chi connectivity index (χ1) is 5.15. The van der Waals surface area contributed by atoms with Crippen molar-refractivity contribution in [2.45, 2.75) is 6.92 Å². The zero-order valence-corrected chi connectivity index (χ0v) is 8.68. The summed E-state index contributed by atoms with van der Waals surface area (Å²) in [6, 6.07) is 3.80. The van der Waals surface area contributed by atoms with Gasteiger partial charge in [-0.25, -0.2) is 0 Å². The van der Waals surface area contributed by atoms with Gasteiger partial charge in [-0.15, -0.1) is 0 Å². The van der Waals surface area contributed by atoms with Crippen LogP contribution in [0.1, 0.15) is 5.56 Å². The van der Waals surface area contributed by atoms with Crippen LogP contribution in [0.4, 0.5) is 5.69 Å². The van der Waals surface area contributed by atoms with E-state index in [4.69, 9.17) is 10.5 Å². The molecule has 0 heterocycles. The van der Waals surface area contributed by atoms with Gasteiger partial charge < -0.3 is 10.5 Å². The van der Waals surface area contributed by atoms with Crippen LogP contribution in [0.15, 0.2) is 12.1 Å². The molecule has 0 aromatic heterocycles. The van der Waals surface area contributed by atoms with Crippen LogP contribution in [0, 0.1) is 10.5 Å². The van der Waals surface area contributed by atoms with Gasteiger partial charge in [0.1, 0.15) is 5.75 Å². The Morgan fingerprint density at radius 3 is 2.55 bits per heavy atom. The maximum atomic E-state index is 5.62. The molecule has 60 valence electrons. The summed E-state index contributed by atoms with van der Waals surface area (Å²) in [5, 5.41) is 0. The number of benzene rings is 1. The molecule has 2 nitrogen and oxygen atoms in total. The number of nitrogen functional groups attached to an aromatic ring is 1. The first kappa shape index (κ1) is 8.64.